The molecule has 0 aliphatic rings. The Hall–Kier alpha value is -2.09. The number of carboxylic acid groups (broad SMARTS) is 1. The van der Waals surface area contributed by atoms with E-state index in [0.717, 1.165) is 18.2 Å². The molecule has 11 nitrogen and oxygen atoms in total. The van der Waals surface area contributed by atoms with Crippen LogP contribution in [-0.2, 0) is 19.6 Å². The topological polar surface area (TPSA) is 188 Å². The minimum atomic E-state index is -5.09. The molecule has 1 rings (SSSR count). The van der Waals surface area contributed by atoms with Gasteiger partial charge in [0.2, 0.25) is 0 Å². The van der Waals surface area contributed by atoms with Crippen molar-refractivity contribution in [3.05, 3.63) is 29.3 Å². The molecule has 0 radical (unpaired) electrons. The molecule has 1 aromatic carbocycles. The minimum absolute atomic E-state index is 0.156. The van der Waals surface area contributed by atoms with E-state index in [1.807, 2.05) is 0 Å². The fourth-order valence-electron chi connectivity index (χ4n) is 1.95. The second kappa shape index (κ2) is 9.56. The molecule has 12 heteroatoms. The number of aromatic carboxylic acids is 1. The Morgan fingerprint density at radius 2 is 1.77 bits per heavy atom. The van der Waals surface area contributed by atoms with E-state index in [9.17, 15) is 27.7 Å². The van der Waals surface area contributed by atoms with Gasteiger partial charge >= 0.3 is 11.9 Å². The summed E-state index contributed by atoms with van der Waals surface area (Å²) in [6, 6.07) is 2.84. The molecule has 0 heterocycles. The largest absolute Gasteiger partial charge is 0.478 e. The molecule has 0 amide bonds. The molecule has 0 aliphatic carbocycles. The zero-order valence-corrected chi connectivity index (χ0v) is 14.1. The molecule has 0 aromatic heterocycles. The Labute approximate surface area is 148 Å². The number of carbonyl (C=O) groups excluding carboxylic acids is 1. The number of rotatable bonds is 10. The van der Waals surface area contributed by atoms with E-state index < -0.39 is 63.5 Å². The summed E-state index contributed by atoms with van der Waals surface area (Å²) in [5.41, 5.74) is -1.62. The SMILES string of the molecule is O=C(O)c1cccc(C(=O)OC(COCCO)C(O)CO)c1S(=O)(=O)O. The maximum Gasteiger partial charge on any atom is 0.340 e. The van der Waals surface area contributed by atoms with E-state index in [4.69, 9.17) is 24.8 Å². The van der Waals surface area contributed by atoms with E-state index in [0.29, 0.717) is 0 Å². The molecule has 146 valence electrons. The number of esters is 1. The third kappa shape index (κ3) is 5.72. The summed E-state index contributed by atoms with van der Waals surface area (Å²) in [6.45, 7) is -1.77. The molecular weight excluding hydrogens is 376 g/mol. The zero-order valence-electron chi connectivity index (χ0n) is 13.3. The molecule has 2 atom stereocenters. The molecule has 5 N–H and O–H groups in total. The Balaban J connectivity index is 3.22. The van der Waals surface area contributed by atoms with Gasteiger partial charge in [-0.15, -0.1) is 0 Å². The number of hydrogen-bond acceptors (Lipinski definition) is 9. The van der Waals surface area contributed by atoms with Gasteiger partial charge in [0, 0.05) is 0 Å². The predicted molar refractivity (Wildman–Crippen MR) is 83.4 cm³/mol. The Morgan fingerprint density at radius 1 is 1.15 bits per heavy atom. The number of benzene rings is 1. The van der Waals surface area contributed by atoms with Crippen LogP contribution in [0.4, 0.5) is 0 Å². The first kappa shape index (κ1) is 22.0. The summed E-state index contributed by atoms with van der Waals surface area (Å²) in [5.74, 6) is -3.07. The first-order chi connectivity index (χ1) is 12.1. The lowest BCUT2D eigenvalue weighted by atomic mass is 10.1. The second-order valence-corrected chi connectivity index (χ2v) is 6.31. The molecule has 0 bridgehead atoms. The lowest BCUT2D eigenvalue weighted by Gasteiger charge is -2.22. The van der Waals surface area contributed by atoms with Gasteiger partial charge in [-0.3, -0.25) is 4.55 Å². The van der Waals surface area contributed by atoms with Crippen molar-refractivity contribution in [3.63, 3.8) is 0 Å². The van der Waals surface area contributed by atoms with Crippen LogP contribution in [0.5, 0.6) is 0 Å². The van der Waals surface area contributed by atoms with Gasteiger partial charge in [0.15, 0.2) is 6.10 Å². The van der Waals surface area contributed by atoms with Crippen molar-refractivity contribution >= 4 is 22.1 Å². The molecule has 26 heavy (non-hydrogen) atoms. The van der Waals surface area contributed by atoms with Crippen LogP contribution >= 0.6 is 0 Å². The number of carbonyl (C=O) groups is 2. The summed E-state index contributed by atoms with van der Waals surface area (Å²) in [6.07, 6.45) is -3.03. The quantitative estimate of drug-likeness (QED) is 0.177. The fraction of sp³-hybridized carbons (Fsp3) is 0.429. The summed E-state index contributed by atoms with van der Waals surface area (Å²) >= 11 is 0. The van der Waals surface area contributed by atoms with Gasteiger partial charge in [0.05, 0.1) is 37.6 Å². The third-order valence-corrected chi connectivity index (χ3v) is 4.07. The van der Waals surface area contributed by atoms with Crippen molar-refractivity contribution < 1.29 is 52.5 Å². The lowest BCUT2D eigenvalue weighted by molar-refractivity contribution is -0.0732. The van der Waals surface area contributed by atoms with Gasteiger partial charge in [-0.2, -0.15) is 8.42 Å². The Bertz CT molecular complexity index is 743. The van der Waals surface area contributed by atoms with Gasteiger partial charge in [0.25, 0.3) is 10.1 Å². The van der Waals surface area contributed by atoms with Crippen molar-refractivity contribution in [1.82, 2.24) is 0 Å². The highest BCUT2D eigenvalue weighted by Gasteiger charge is 2.31. The molecule has 0 fully saturated rings. The molecule has 1 aromatic rings. The van der Waals surface area contributed by atoms with Crippen LogP contribution in [0.2, 0.25) is 0 Å². The lowest BCUT2D eigenvalue weighted by Crippen LogP contribution is -2.38. The summed E-state index contributed by atoms with van der Waals surface area (Å²) in [7, 11) is -5.09. The molecule has 0 saturated carbocycles. The van der Waals surface area contributed by atoms with E-state index >= 15 is 0 Å². The van der Waals surface area contributed by atoms with Gasteiger partial charge in [-0.25, -0.2) is 9.59 Å². The highest BCUT2D eigenvalue weighted by molar-refractivity contribution is 7.86. The van der Waals surface area contributed by atoms with E-state index in [1.165, 1.54) is 0 Å². The van der Waals surface area contributed by atoms with Crippen LogP contribution in [0.15, 0.2) is 23.1 Å². The summed E-state index contributed by atoms with van der Waals surface area (Å²) in [4.78, 5) is 22.3. The van der Waals surface area contributed by atoms with E-state index in [1.54, 1.807) is 0 Å². The first-order valence-corrected chi connectivity index (χ1v) is 8.59. The van der Waals surface area contributed by atoms with Crippen LogP contribution in [-0.4, -0.2) is 84.0 Å². The third-order valence-electron chi connectivity index (χ3n) is 3.12. The van der Waals surface area contributed by atoms with Crippen LogP contribution in [0.25, 0.3) is 0 Å². The monoisotopic (exact) mass is 394 g/mol. The number of aliphatic hydroxyl groups excluding tert-OH is 3. The van der Waals surface area contributed by atoms with Crippen LogP contribution in [0, 0.1) is 0 Å². The van der Waals surface area contributed by atoms with Gasteiger partial charge in [0.1, 0.15) is 11.0 Å². The maximum absolute atomic E-state index is 12.3. The maximum atomic E-state index is 12.3. The Morgan fingerprint density at radius 3 is 2.27 bits per heavy atom. The average Bonchev–Trinajstić information content (AvgIpc) is 2.58. The summed E-state index contributed by atoms with van der Waals surface area (Å²) < 4.78 is 42.1. The van der Waals surface area contributed by atoms with Crippen molar-refractivity contribution in [3.8, 4) is 0 Å². The predicted octanol–water partition coefficient (Wildman–Crippen LogP) is -1.48. The van der Waals surface area contributed by atoms with Crippen molar-refractivity contribution in [2.45, 2.75) is 17.1 Å². The molecule has 2 unspecified atom stereocenters. The van der Waals surface area contributed by atoms with Crippen LogP contribution < -0.4 is 0 Å². The number of hydrogen-bond donors (Lipinski definition) is 5. The Kier molecular flexibility index (Phi) is 8.08. The number of ether oxygens (including phenoxy) is 2. The van der Waals surface area contributed by atoms with Crippen molar-refractivity contribution in [2.75, 3.05) is 26.4 Å². The van der Waals surface area contributed by atoms with Crippen LogP contribution in [0.3, 0.4) is 0 Å². The van der Waals surface area contributed by atoms with Crippen molar-refractivity contribution in [1.29, 1.82) is 0 Å². The van der Waals surface area contributed by atoms with Gasteiger partial charge in [-0.1, -0.05) is 6.07 Å². The standard InChI is InChI=1S/C14H18O11S/c15-4-5-24-7-11(10(17)6-16)25-14(20)9-3-1-2-8(13(18)19)12(9)26(21,22)23/h1-3,10-11,15-17H,4-7H2,(H,18,19)(H,21,22,23). The number of aliphatic hydroxyl groups is 3. The first-order valence-electron chi connectivity index (χ1n) is 7.15. The average molecular weight is 394 g/mol. The smallest absolute Gasteiger partial charge is 0.340 e. The van der Waals surface area contributed by atoms with Crippen molar-refractivity contribution in [2.24, 2.45) is 0 Å². The molecule has 0 aliphatic heterocycles. The molecule has 0 spiro atoms. The van der Waals surface area contributed by atoms with Crippen LogP contribution in [0.1, 0.15) is 20.7 Å². The molecular formula is C14H18O11S. The highest BCUT2D eigenvalue weighted by atomic mass is 32.2. The van der Waals surface area contributed by atoms with Gasteiger partial charge in [-0.05, 0) is 12.1 Å². The minimum Gasteiger partial charge on any atom is -0.478 e. The van der Waals surface area contributed by atoms with Gasteiger partial charge < -0.3 is 29.9 Å². The normalized spacial score (nSPS) is 13.8. The van der Waals surface area contributed by atoms with E-state index in [2.05, 4.69) is 0 Å². The molecule has 0 saturated heterocycles. The summed E-state index contributed by atoms with van der Waals surface area (Å²) in [5, 5.41) is 36.3. The number of carboxylic acids is 1. The fourth-order valence-corrected chi connectivity index (χ4v) is 2.81. The highest BCUT2D eigenvalue weighted by Crippen LogP contribution is 2.22. The second-order valence-electron chi connectivity index (χ2n) is 4.95. The zero-order chi connectivity index (χ0) is 19.9. The van der Waals surface area contributed by atoms with E-state index in [-0.39, 0.29) is 13.2 Å².